The molecular weight excluding hydrogens is 392 g/mol. The molecule has 0 atom stereocenters. The van der Waals surface area contributed by atoms with Gasteiger partial charge in [-0.15, -0.1) is 0 Å². The molecule has 2 aliphatic heterocycles. The molecule has 1 aromatic carbocycles. The number of piperidine rings is 1. The van der Waals surface area contributed by atoms with Crippen LogP contribution in [0.15, 0.2) is 59.2 Å². The van der Waals surface area contributed by atoms with Crippen LogP contribution in [0.3, 0.4) is 0 Å². The summed E-state index contributed by atoms with van der Waals surface area (Å²) in [4.78, 5) is 27.5. The first-order valence-electron chi connectivity index (χ1n) is 11.1. The zero-order valence-electron chi connectivity index (χ0n) is 17.8. The molecule has 6 nitrogen and oxygen atoms in total. The summed E-state index contributed by atoms with van der Waals surface area (Å²) >= 11 is 0. The van der Waals surface area contributed by atoms with E-state index < -0.39 is 5.41 Å². The Labute approximate surface area is 183 Å². The Morgan fingerprint density at radius 2 is 1.81 bits per heavy atom. The van der Waals surface area contributed by atoms with Crippen molar-refractivity contribution < 1.29 is 18.7 Å². The summed E-state index contributed by atoms with van der Waals surface area (Å²) in [7, 11) is 0. The van der Waals surface area contributed by atoms with Crippen LogP contribution in [0.1, 0.15) is 37.0 Å². The van der Waals surface area contributed by atoms with Gasteiger partial charge in [-0.05, 0) is 55.4 Å². The Morgan fingerprint density at radius 1 is 1.06 bits per heavy atom. The lowest BCUT2D eigenvalue weighted by Crippen LogP contribution is -2.50. The van der Waals surface area contributed by atoms with Gasteiger partial charge in [0, 0.05) is 38.9 Å². The predicted octanol–water partition coefficient (Wildman–Crippen LogP) is 3.40. The van der Waals surface area contributed by atoms with Crippen molar-refractivity contribution in [3.63, 3.8) is 0 Å². The van der Waals surface area contributed by atoms with Gasteiger partial charge >= 0.3 is 0 Å². The average molecular weight is 423 g/mol. The smallest absolute Gasteiger partial charge is 0.246 e. The van der Waals surface area contributed by atoms with Crippen LogP contribution in [0.4, 0.5) is 0 Å². The third-order valence-corrected chi connectivity index (χ3v) is 6.52. The van der Waals surface area contributed by atoms with Crippen LogP contribution in [0.2, 0.25) is 0 Å². The van der Waals surface area contributed by atoms with Crippen LogP contribution in [0.25, 0.3) is 6.08 Å². The molecule has 2 saturated heterocycles. The Morgan fingerprint density at radius 3 is 2.48 bits per heavy atom. The quantitative estimate of drug-likeness (QED) is 0.725. The zero-order valence-corrected chi connectivity index (χ0v) is 17.8. The number of ether oxygens (including phenoxy) is 1. The summed E-state index contributed by atoms with van der Waals surface area (Å²) in [5.41, 5.74) is 0.562. The first kappa shape index (κ1) is 21.4. The van der Waals surface area contributed by atoms with Gasteiger partial charge in [-0.3, -0.25) is 9.59 Å². The van der Waals surface area contributed by atoms with Gasteiger partial charge in [0.25, 0.3) is 0 Å². The van der Waals surface area contributed by atoms with Crippen molar-refractivity contribution >= 4 is 17.9 Å². The zero-order chi connectivity index (χ0) is 21.5. The second-order valence-corrected chi connectivity index (χ2v) is 8.39. The number of hydrogen-bond acceptors (Lipinski definition) is 4. The number of carbonyl (C=O) groups is 2. The largest absolute Gasteiger partial charge is 0.465 e. The summed E-state index contributed by atoms with van der Waals surface area (Å²) in [5, 5.41) is 3.22. The molecule has 2 aromatic rings. The maximum absolute atomic E-state index is 13.3. The molecule has 0 spiro atoms. The number of nitrogens with zero attached hydrogens (tertiary/aromatic N) is 1. The highest BCUT2D eigenvalue weighted by Gasteiger charge is 2.41. The molecule has 2 amide bonds. The van der Waals surface area contributed by atoms with Gasteiger partial charge in [-0.2, -0.15) is 0 Å². The second-order valence-electron chi connectivity index (χ2n) is 8.39. The van der Waals surface area contributed by atoms with E-state index in [0.717, 1.165) is 18.4 Å². The highest BCUT2D eigenvalue weighted by Crippen LogP contribution is 2.35. The van der Waals surface area contributed by atoms with Crippen molar-refractivity contribution in [2.75, 3.05) is 32.8 Å². The van der Waals surface area contributed by atoms with E-state index in [1.54, 1.807) is 24.5 Å². The third-order valence-electron chi connectivity index (χ3n) is 6.52. The number of carbonyl (C=O) groups excluding carboxylic acids is 2. The normalized spacial score (nSPS) is 19.4. The molecule has 1 aromatic heterocycles. The number of furan rings is 1. The molecule has 4 rings (SSSR count). The topological polar surface area (TPSA) is 71.8 Å². The van der Waals surface area contributed by atoms with Crippen LogP contribution >= 0.6 is 0 Å². The molecule has 1 N–H and O–H groups in total. The van der Waals surface area contributed by atoms with Crippen molar-refractivity contribution in [1.29, 1.82) is 0 Å². The van der Waals surface area contributed by atoms with Crippen molar-refractivity contribution in [2.45, 2.75) is 31.1 Å². The number of rotatable bonds is 6. The van der Waals surface area contributed by atoms with E-state index in [-0.39, 0.29) is 11.8 Å². The van der Waals surface area contributed by atoms with E-state index >= 15 is 0 Å². The maximum Gasteiger partial charge on any atom is 0.246 e. The van der Waals surface area contributed by atoms with E-state index in [1.165, 1.54) is 0 Å². The van der Waals surface area contributed by atoms with E-state index in [4.69, 9.17) is 9.15 Å². The summed E-state index contributed by atoms with van der Waals surface area (Å²) < 4.78 is 10.8. The fourth-order valence-corrected chi connectivity index (χ4v) is 4.53. The number of likely N-dealkylation sites (tertiary alicyclic amines) is 1. The minimum Gasteiger partial charge on any atom is -0.465 e. The molecule has 0 aliphatic carbocycles. The molecule has 0 saturated carbocycles. The van der Waals surface area contributed by atoms with Gasteiger partial charge < -0.3 is 19.4 Å². The molecule has 0 unspecified atom stereocenters. The Bertz CT molecular complexity index is 878. The first-order chi connectivity index (χ1) is 15.2. The molecular formula is C25H30N2O4. The van der Waals surface area contributed by atoms with Crippen molar-refractivity contribution in [1.82, 2.24) is 10.2 Å². The molecule has 2 aliphatic rings. The van der Waals surface area contributed by atoms with Gasteiger partial charge in [-0.1, -0.05) is 30.3 Å². The van der Waals surface area contributed by atoms with Crippen LogP contribution in [-0.4, -0.2) is 49.6 Å². The number of amides is 2. The molecule has 3 heterocycles. The van der Waals surface area contributed by atoms with Crippen LogP contribution in [0.5, 0.6) is 0 Å². The average Bonchev–Trinajstić information content (AvgIpc) is 3.36. The molecule has 0 radical (unpaired) electrons. The second kappa shape index (κ2) is 9.96. The molecule has 6 heteroatoms. The van der Waals surface area contributed by atoms with Gasteiger partial charge in [0.05, 0.1) is 11.7 Å². The predicted molar refractivity (Wildman–Crippen MR) is 118 cm³/mol. The highest BCUT2D eigenvalue weighted by molar-refractivity contribution is 5.91. The SMILES string of the molecule is O=C(/C=C/c1ccco1)N1CCC(CNC(=O)C2(c3ccccc3)CCOCC2)CC1. The Kier molecular flexibility index (Phi) is 6.87. The van der Waals surface area contributed by atoms with Crippen molar-refractivity contribution in [2.24, 2.45) is 5.92 Å². The fraction of sp³-hybridized carbons (Fsp3) is 0.440. The third kappa shape index (κ3) is 5.07. The van der Waals surface area contributed by atoms with Gasteiger partial charge in [0.15, 0.2) is 0 Å². The van der Waals surface area contributed by atoms with Crippen molar-refractivity contribution in [3.8, 4) is 0 Å². The lowest BCUT2D eigenvalue weighted by Gasteiger charge is -2.37. The van der Waals surface area contributed by atoms with E-state index in [2.05, 4.69) is 5.32 Å². The Balaban J connectivity index is 1.28. The van der Waals surface area contributed by atoms with Gasteiger partial charge in [0.1, 0.15) is 5.76 Å². The molecule has 31 heavy (non-hydrogen) atoms. The van der Waals surface area contributed by atoms with Gasteiger partial charge in [0.2, 0.25) is 11.8 Å². The maximum atomic E-state index is 13.3. The number of benzene rings is 1. The Hall–Kier alpha value is -2.86. The summed E-state index contributed by atoms with van der Waals surface area (Å²) in [6.07, 6.45) is 8.05. The summed E-state index contributed by atoms with van der Waals surface area (Å²) in [5.74, 6) is 1.16. The van der Waals surface area contributed by atoms with Crippen LogP contribution in [0, 0.1) is 5.92 Å². The molecule has 164 valence electrons. The van der Waals surface area contributed by atoms with Gasteiger partial charge in [-0.25, -0.2) is 0 Å². The van der Waals surface area contributed by atoms with E-state index in [0.29, 0.717) is 57.4 Å². The van der Waals surface area contributed by atoms with Crippen LogP contribution in [-0.2, 0) is 19.7 Å². The minimum atomic E-state index is -0.507. The van der Waals surface area contributed by atoms with Crippen molar-refractivity contribution in [3.05, 3.63) is 66.1 Å². The highest BCUT2D eigenvalue weighted by atomic mass is 16.5. The lowest BCUT2D eigenvalue weighted by atomic mass is 9.73. The first-order valence-corrected chi connectivity index (χ1v) is 11.1. The summed E-state index contributed by atoms with van der Waals surface area (Å²) in [6, 6.07) is 13.7. The number of hydrogen-bond donors (Lipinski definition) is 1. The number of nitrogens with one attached hydrogen (secondary N) is 1. The summed E-state index contributed by atoms with van der Waals surface area (Å²) in [6.45, 7) is 3.28. The molecule has 0 bridgehead atoms. The monoisotopic (exact) mass is 422 g/mol. The van der Waals surface area contributed by atoms with Crippen LogP contribution < -0.4 is 5.32 Å². The standard InChI is InChI=1S/C25H30N2O4/c28-23(9-8-22-7-4-16-31-22)27-14-10-20(11-15-27)19-26-24(29)25(12-17-30-18-13-25)21-5-2-1-3-6-21/h1-9,16,20H,10-15,17-19H2,(H,26,29)/b9-8+. The van der Waals surface area contributed by atoms with E-state index in [1.807, 2.05) is 41.3 Å². The lowest BCUT2D eigenvalue weighted by molar-refractivity contribution is -0.131. The molecule has 2 fully saturated rings. The van der Waals surface area contributed by atoms with E-state index in [9.17, 15) is 9.59 Å². The fourth-order valence-electron chi connectivity index (χ4n) is 4.53. The minimum absolute atomic E-state index is 0.00382.